The van der Waals surface area contributed by atoms with Crippen molar-refractivity contribution in [1.29, 1.82) is 0 Å². The fourth-order valence-corrected chi connectivity index (χ4v) is 4.16. The summed E-state index contributed by atoms with van der Waals surface area (Å²) < 4.78 is 79.4. The van der Waals surface area contributed by atoms with Gasteiger partial charge in [0.15, 0.2) is 0 Å². The minimum absolute atomic E-state index is 0.0804. The predicted octanol–water partition coefficient (Wildman–Crippen LogP) is 1.14. The quantitative estimate of drug-likeness (QED) is 0.830. The molecule has 3 atom stereocenters. The van der Waals surface area contributed by atoms with Crippen molar-refractivity contribution in [3.63, 3.8) is 0 Å². The van der Waals surface area contributed by atoms with Gasteiger partial charge in [-0.1, -0.05) is 0 Å². The third-order valence-electron chi connectivity index (χ3n) is 5.01. The van der Waals surface area contributed by atoms with Crippen molar-refractivity contribution in [3.05, 3.63) is 52.9 Å². The minimum Gasteiger partial charge on any atom is -0.370 e. The van der Waals surface area contributed by atoms with Crippen molar-refractivity contribution in [3.8, 4) is 0 Å². The van der Waals surface area contributed by atoms with E-state index >= 15 is 0 Å². The summed E-state index contributed by atoms with van der Waals surface area (Å²) in [6.45, 7) is 0.885. The molecule has 2 aromatic rings. The first-order valence-corrected chi connectivity index (χ1v) is 9.80. The molecule has 1 saturated heterocycles. The maximum Gasteiger partial charge on any atom is 0.250 e. The van der Waals surface area contributed by atoms with Crippen LogP contribution in [0.3, 0.4) is 0 Å². The van der Waals surface area contributed by atoms with E-state index in [1.54, 1.807) is 0 Å². The lowest BCUT2D eigenvalue weighted by Gasteiger charge is -2.38. The maximum atomic E-state index is 14.1. The number of ether oxygens (including phenoxy) is 1. The summed E-state index contributed by atoms with van der Waals surface area (Å²) in [6.07, 6.45) is -2.29. The normalized spacial score (nSPS) is 28.4. The Bertz CT molecular complexity index is 1050. The van der Waals surface area contributed by atoms with E-state index in [2.05, 4.69) is 5.10 Å². The summed E-state index contributed by atoms with van der Waals surface area (Å²) in [6, 6.07) is 2.46. The smallest absolute Gasteiger partial charge is 0.250 e. The second-order valence-corrected chi connectivity index (χ2v) is 8.18. The van der Waals surface area contributed by atoms with Gasteiger partial charge < -0.3 is 10.5 Å². The Labute approximate surface area is 160 Å². The van der Waals surface area contributed by atoms with Gasteiger partial charge in [-0.05, 0) is 24.6 Å². The SMILES string of the molecule is [2H]C([2H])([2H])S(=O)(=O)n1cc2c(n1)CN([C@H]1CO[C@@H](c3cc(F)ccc3F)[C@H](N)C1)C2. The Kier molecular flexibility index (Phi) is 3.70. The third kappa shape index (κ3) is 3.49. The highest BCUT2D eigenvalue weighted by molar-refractivity contribution is 7.89. The molecule has 3 heterocycles. The molecule has 2 aliphatic rings. The molecule has 1 aromatic heterocycles. The standard InChI is InChI=1S/C17H20F2N4O3S/c1-27(24,25)23-7-10-6-22(8-16(10)21-23)12-5-15(20)17(26-9-12)13-4-11(18)2-3-14(13)19/h2-4,7,12,15,17H,5-6,8-9,20H2,1H3/t12-,15-,17+/m1/s1/i1D3. The summed E-state index contributed by atoms with van der Waals surface area (Å²) in [5, 5.41) is 3.94. The molecule has 7 nitrogen and oxygen atoms in total. The molecule has 27 heavy (non-hydrogen) atoms. The summed E-state index contributed by atoms with van der Waals surface area (Å²) in [4.78, 5) is 1.99. The maximum absolute atomic E-state index is 14.1. The number of nitrogens with two attached hydrogens (primary N) is 1. The van der Waals surface area contributed by atoms with Crippen LogP contribution in [-0.2, 0) is 27.8 Å². The van der Waals surface area contributed by atoms with Crippen LogP contribution in [0.2, 0.25) is 0 Å². The molecule has 0 unspecified atom stereocenters. The monoisotopic (exact) mass is 401 g/mol. The lowest BCUT2D eigenvalue weighted by Crippen LogP contribution is -2.47. The van der Waals surface area contributed by atoms with Gasteiger partial charge in [-0.25, -0.2) is 17.2 Å². The van der Waals surface area contributed by atoms with Crippen LogP contribution in [0.5, 0.6) is 0 Å². The Hall–Kier alpha value is -1.88. The third-order valence-corrected chi connectivity index (χ3v) is 5.69. The van der Waals surface area contributed by atoms with E-state index in [4.69, 9.17) is 14.6 Å². The summed E-state index contributed by atoms with van der Waals surface area (Å²) in [5.74, 6) is -1.15. The lowest BCUT2D eigenvalue weighted by atomic mass is 9.93. The highest BCUT2D eigenvalue weighted by Crippen LogP contribution is 2.34. The van der Waals surface area contributed by atoms with Gasteiger partial charge in [-0.3, -0.25) is 4.90 Å². The van der Waals surface area contributed by atoms with Gasteiger partial charge in [0, 0.05) is 46.6 Å². The molecular weight excluding hydrogens is 378 g/mol. The Morgan fingerprint density at radius 1 is 1.37 bits per heavy atom. The van der Waals surface area contributed by atoms with Gasteiger partial charge in [0.05, 0.1) is 18.5 Å². The van der Waals surface area contributed by atoms with E-state index in [-0.39, 0.29) is 18.2 Å². The van der Waals surface area contributed by atoms with Crippen LogP contribution in [0.4, 0.5) is 8.78 Å². The summed E-state index contributed by atoms with van der Waals surface area (Å²) in [5.41, 5.74) is 7.35. The molecule has 4 rings (SSSR count). The predicted molar refractivity (Wildman–Crippen MR) is 93.1 cm³/mol. The number of aromatic nitrogens is 2. The van der Waals surface area contributed by atoms with Gasteiger partial charge in [0.25, 0.3) is 10.0 Å². The van der Waals surface area contributed by atoms with Crippen LogP contribution in [0.1, 0.15) is 33.5 Å². The first-order valence-electron chi connectivity index (χ1n) is 9.86. The Balaban J connectivity index is 1.44. The lowest BCUT2D eigenvalue weighted by molar-refractivity contribution is -0.0533. The van der Waals surface area contributed by atoms with Crippen LogP contribution in [0.15, 0.2) is 24.4 Å². The van der Waals surface area contributed by atoms with Crippen molar-refractivity contribution in [2.24, 2.45) is 5.73 Å². The average molecular weight is 401 g/mol. The Morgan fingerprint density at radius 3 is 2.89 bits per heavy atom. The summed E-state index contributed by atoms with van der Waals surface area (Å²) >= 11 is 0. The summed E-state index contributed by atoms with van der Waals surface area (Å²) in [7, 11) is -4.57. The highest BCUT2D eigenvalue weighted by Gasteiger charge is 2.37. The number of halogens is 2. The largest absolute Gasteiger partial charge is 0.370 e. The van der Waals surface area contributed by atoms with Gasteiger partial charge in [0.1, 0.15) is 17.7 Å². The van der Waals surface area contributed by atoms with Crippen molar-refractivity contribution in [2.45, 2.75) is 37.7 Å². The topological polar surface area (TPSA) is 90.5 Å². The molecule has 0 spiro atoms. The number of rotatable bonds is 3. The molecule has 10 heteroatoms. The van der Waals surface area contributed by atoms with Gasteiger partial charge in [-0.2, -0.15) is 9.19 Å². The van der Waals surface area contributed by atoms with Gasteiger partial charge in [-0.15, -0.1) is 0 Å². The van der Waals surface area contributed by atoms with E-state index in [1.807, 2.05) is 4.90 Å². The molecule has 1 aromatic carbocycles. The number of benzene rings is 1. The molecule has 0 saturated carbocycles. The van der Waals surface area contributed by atoms with Gasteiger partial charge in [0.2, 0.25) is 0 Å². The Morgan fingerprint density at radius 2 is 2.19 bits per heavy atom. The van der Waals surface area contributed by atoms with Crippen molar-refractivity contribution >= 4 is 10.0 Å². The molecular formula is C17H20F2N4O3S. The first-order chi connectivity index (χ1) is 14.0. The van der Waals surface area contributed by atoms with Crippen molar-refractivity contribution in [1.82, 2.24) is 14.1 Å². The van der Waals surface area contributed by atoms with E-state index in [1.165, 1.54) is 6.20 Å². The zero-order valence-electron chi connectivity index (χ0n) is 17.2. The minimum atomic E-state index is -4.57. The molecule has 2 N–H and O–H groups in total. The van der Waals surface area contributed by atoms with Crippen LogP contribution in [0.25, 0.3) is 0 Å². The van der Waals surface area contributed by atoms with E-state index < -0.39 is 40.0 Å². The number of nitrogens with zero attached hydrogens (tertiary/aromatic N) is 3. The molecule has 0 radical (unpaired) electrons. The second-order valence-electron chi connectivity index (χ2n) is 6.86. The fourth-order valence-electron chi connectivity index (χ4n) is 3.69. The number of fused-ring (bicyclic) bond motifs is 1. The average Bonchev–Trinajstić information content (AvgIpc) is 3.22. The highest BCUT2D eigenvalue weighted by atomic mass is 32.2. The fraction of sp³-hybridized carbons (Fsp3) is 0.471. The molecule has 1 fully saturated rings. The first kappa shape index (κ1) is 15.1. The van der Waals surface area contributed by atoms with Crippen molar-refractivity contribution < 1.29 is 26.0 Å². The number of hydrogen-bond donors (Lipinski definition) is 1. The second kappa shape index (κ2) is 6.62. The molecule has 146 valence electrons. The van der Waals surface area contributed by atoms with Crippen LogP contribution in [0, 0.1) is 11.6 Å². The van der Waals surface area contributed by atoms with Crippen LogP contribution in [-0.4, -0.2) is 47.4 Å². The molecule has 0 amide bonds. The van der Waals surface area contributed by atoms with E-state index in [9.17, 15) is 17.2 Å². The number of hydrogen-bond acceptors (Lipinski definition) is 6. The van der Waals surface area contributed by atoms with Gasteiger partial charge >= 0.3 is 0 Å². The van der Waals surface area contributed by atoms with Crippen molar-refractivity contribution in [2.75, 3.05) is 12.8 Å². The van der Waals surface area contributed by atoms with E-state index in [0.717, 1.165) is 18.2 Å². The molecule has 0 bridgehead atoms. The van der Waals surface area contributed by atoms with Crippen LogP contribution < -0.4 is 5.73 Å². The zero-order valence-corrected chi connectivity index (χ0v) is 15.0. The van der Waals surface area contributed by atoms with E-state index in [0.29, 0.717) is 34.9 Å². The zero-order chi connectivity index (χ0) is 21.8. The van der Waals surface area contributed by atoms with Crippen LogP contribution >= 0.6 is 0 Å². The molecule has 0 aliphatic carbocycles. The molecule has 2 aliphatic heterocycles.